The van der Waals surface area contributed by atoms with Gasteiger partial charge in [-0.15, -0.1) is 0 Å². The van der Waals surface area contributed by atoms with Gasteiger partial charge in [0.15, 0.2) is 18.1 Å². The molecule has 0 aliphatic heterocycles. The minimum atomic E-state index is -0.537. The molecule has 10 nitrogen and oxygen atoms in total. The van der Waals surface area contributed by atoms with Gasteiger partial charge in [-0.1, -0.05) is 18.2 Å². The maximum absolute atomic E-state index is 12.0. The molecule has 10 heteroatoms. The van der Waals surface area contributed by atoms with E-state index >= 15 is 0 Å². The van der Waals surface area contributed by atoms with E-state index in [0.29, 0.717) is 29.2 Å². The van der Waals surface area contributed by atoms with Gasteiger partial charge in [-0.05, 0) is 30.7 Å². The Balaban J connectivity index is 2.01. The standard InChI is InChI=1S/C20H21N3O7/c1-3-29-18-10-14(8-9-17(18)30-13-20(25)28-2)12-21-22-19(24)11-15-6-4-5-7-16(15)23(26)27/h4-10,12H,3,11,13H2,1-2H3,(H,22,24)/b21-12-. The zero-order valence-electron chi connectivity index (χ0n) is 16.5. The number of hydrogen-bond acceptors (Lipinski definition) is 8. The van der Waals surface area contributed by atoms with Gasteiger partial charge in [-0.25, -0.2) is 10.2 Å². The molecular weight excluding hydrogens is 394 g/mol. The zero-order chi connectivity index (χ0) is 21.9. The molecule has 0 atom stereocenters. The number of carbonyl (C=O) groups is 2. The van der Waals surface area contributed by atoms with Crippen LogP contribution in [0.25, 0.3) is 0 Å². The van der Waals surface area contributed by atoms with Crippen LogP contribution in [0.3, 0.4) is 0 Å². The van der Waals surface area contributed by atoms with E-state index < -0.39 is 16.8 Å². The van der Waals surface area contributed by atoms with Gasteiger partial charge in [-0.3, -0.25) is 14.9 Å². The van der Waals surface area contributed by atoms with Crippen LogP contribution in [0.2, 0.25) is 0 Å². The molecule has 0 aromatic heterocycles. The van der Waals surface area contributed by atoms with Gasteiger partial charge in [0.05, 0.1) is 31.3 Å². The Hall–Kier alpha value is -3.95. The Kier molecular flexibility index (Phi) is 8.30. The first-order chi connectivity index (χ1) is 14.4. The first kappa shape index (κ1) is 22.3. The lowest BCUT2D eigenvalue weighted by Gasteiger charge is -2.11. The lowest BCUT2D eigenvalue weighted by atomic mass is 10.1. The summed E-state index contributed by atoms with van der Waals surface area (Å²) in [5.74, 6) is -0.260. The second kappa shape index (κ2) is 11.1. The van der Waals surface area contributed by atoms with Crippen molar-refractivity contribution in [1.82, 2.24) is 5.43 Å². The van der Waals surface area contributed by atoms with Crippen LogP contribution in [0.4, 0.5) is 5.69 Å². The molecule has 2 aromatic rings. The smallest absolute Gasteiger partial charge is 0.343 e. The summed E-state index contributed by atoms with van der Waals surface area (Å²) in [7, 11) is 1.26. The van der Waals surface area contributed by atoms with Crippen molar-refractivity contribution < 1.29 is 28.7 Å². The Labute approximate surface area is 172 Å². The molecule has 158 valence electrons. The number of rotatable bonds is 10. The topological polar surface area (TPSA) is 129 Å². The van der Waals surface area contributed by atoms with Crippen LogP contribution < -0.4 is 14.9 Å². The first-order valence-corrected chi connectivity index (χ1v) is 8.95. The number of nitrogens with one attached hydrogen (secondary N) is 1. The zero-order valence-corrected chi connectivity index (χ0v) is 16.5. The number of ether oxygens (including phenoxy) is 3. The molecule has 0 aliphatic rings. The normalized spacial score (nSPS) is 10.5. The highest BCUT2D eigenvalue weighted by atomic mass is 16.6. The minimum absolute atomic E-state index is 0.125. The molecular formula is C20H21N3O7. The number of esters is 1. The van der Waals surface area contributed by atoms with E-state index in [1.54, 1.807) is 31.2 Å². The Morgan fingerprint density at radius 3 is 2.63 bits per heavy atom. The molecule has 0 radical (unpaired) electrons. The molecule has 0 unspecified atom stereocenters. The lowest BCUT2D eigenvalue weighted by Crippen LogP contribution is -2.20. The van der Waals surface area contributed by atoms with Crippen molar-refractivity contribution in [3.8, 4) is 11.5 Å². The Morgan fingerprint density at radius 1 is 1.17 bits per heavy atom. The van der Waals surface area contributed by atoms with Crippen LogP contribution in [-0.4, -0.2) is 43.3 Å². The summed E-state index contributed by atoms with van der Waals surface area (Å²) in [5.41, 5.74) is 3.11. The monoisotopic (exact) mass is 415 g/mol. The lowest BCUT2D eigenvalue weighted by molar-refractivity contribution is -0.385. The van der Waals surface area contributed by atoms with Gasteiger partial charge in [0.2, 0.25) is 5.91 Å². The fraction of sp³-hybridized carbons (Fsp3) is 0.250. The van der Waals surface area contributed by atoms with Gasteiger partial charge in [0, 0.05) is 11.6 Å². The molecule has 1 N–H and O–H groups in total. The van der Waals surface area contributed by atoms with Crippen molar-refractivity contribution in [2.45, 2.75) is 13.3 Å². The Bertz CT molecular complexity index is 944. The van der Waals surface area contributed by atoms with Crippen LogP contribution in [0.5, 0.6) is 11.5 Å². The second-order valence-corrected chi connectivity index (χ2v) is 5.86. The van der Waals surface area contributed by atoms with E-state index in [4.69, 9.17) is 9.47 Å². The maximum atomic E-state index is 12.0. The molecule has 0 saturated carbocycles. The van der Waals surface area contributed by atoms with Crippen molar-refractivity contribution >= 4 is 23.8 Å². The summed E-state index contributed by atoms with van der Waals surface area (Å²) in [4.78, 5) is 33.7. The minimum Gasteiger partial charge on any atom is -0.490 e. The third-order valence-electron chi connectivity index (χ3n) is 3.78. The number of nitro groups is 1. The van der Waals surface area contributed by atoms with Crippen molar-refractivity contribution in [3.05, 3.63) is 63.7 Å². The average molecular weight is 415 g/mol. The molecule has 2 aromatic carbocycles. The van der Waals surface area contributed by atoms with Crippen molar-refractivity contribution in [2.24, 2.45) is 5.10 Å². The highest BCUT2D eigenvalue weighted by Crippen LogP contribution is 2.28. The number of benzene rings is 2. The molecule has 1 amide bonds. The predicted octanol–water partition coefficient (Wildman–Crippen LogP) is 2.24. The van der Waals surface area contributed by atoms with Gasteiger partial charge in [-0.2, -0.15) is 5.10 Å². The third-order valence-corrected chi connectivity index (χ3v) is 3.78. The van der Waals surface area contributed by atoms with Crippen LogP contribution in [0.1, 0.15) is 18.1 Å². The number of hydrazone groups is 1. The summed E-state index contributed by atoms with van der Waals surface area (Å²) >= 11 is 0. The highest BCUT2D eigenvalue weighted by molar-refractivity contribution is 5.84. The van der Waals surface area contributed by atoms with Crippen LogP contribution >= 0.6 is 0 Å². The Morgan fingerprint density at radius 2 is 1.93 bits per heavy atom. The van der Waals surface area contributed by atoms with Gasteiger partial charge in [0.25, 0.3) is 5.69 Å². The van der Waals surface area contributed by atoms with E-state index in [0.717, 1.165) is 0 Å². The van der Waals surface area contributed by atoms with E-state index in [1.807, 2.05) is 0 Å². The summed E-state index contributed by atoms with van der Waals surface area (Å²) in [6.07, 6.45) is 1.21. The fourth-order valence-electron chi connectivity index (χ4n) is 2.42. The van der Waals surface area contributed by atoms with E-state index in [-0.39, 0.29) is 18.7 Å². The molecule has 0 aliphatic carbocycles. The number of carbonyl (C=O) groups excluding carboxylic acids is 2. The van der Waals surface area contributed by atoms with Gasteiger partial charge >= 0.3 is 5.97 Å². The molecule has 0 fully saturated rings. The summed E-state index contributed by atoms with van der Waals surface area (Å²) in [5, 5.41) is 14.9. The largest absolute Gasteiger partial charge is 0.490 e. The third kappa shape index (κ3) is 6.59. The quantitative estimate of drug-likeness (QED) is 0.273. The number of amides is 1. The van der Waals surface area contributed by atoms with Crippen LogP contribution in [0.15, 0.2) is 47.6 Å². The summed E-state index contributed by atoms with van der Waals surface area (Å²) in [6, 6.07) is 10.9. The molecule has 0 bridgehead atoms. The first-order valence-electron chi connectivity index (χ1n) is 8.95. The molecule has 0 spiro atoms. The number of nitro benzene ring substituents is 1. The second-order valence-electron chi connectivity index (χ2n) is 5.86. The van der Waals surface area contributed by atoms with Gasteiger partial charge < -0.3 is 14.2 Å². The SMILES string of the molecule is CCOc1cc(/C=N\NC(=O)Cc2ccccc2[N+](=O)[O-])ccc1OCC(=O)OC. The fourth-order valence-corrected chi connectivity index (χ4v) is 2.42. The van der Waals surface area contributed by atoms with Gasteiger partial charge in [0.1, 0.15) is 0 Å². The maximum Gasteiger partial charge on any atom is 0.343 e. The predicted molar refractivity (Wildman–Crippen MR) is 108 cm³/mol. The van der Waals surface area contributed by atoms with Crippen molar-refractivity contribution in [3.63, 3.8) is 0 Å². The van der Waals surface area contributed by atoms with Crippen LogP contribution in [-0.2, 0) is 20.7 Å². The average Bonchev–Trinajstić information content (AvgIpc) is 2.73. The molecule has 2 rings (SSSR count). The number of hydrogen-bond donors (Lipinski definition) is 1. The van der Waals surface area contributed by atoms with Crippen LogP contribution in [0, 0.1) is 10.1 Å². The number of methoxy groups -OCH3 is 1. The van der Waals surface area contributed by atoms with E-state index in [1.165, 1.54) is 31.5 Å². The van der Waals surface area contributed by atoms with Crippen molar-refractivity contribution in [1.29, 1.82) is 0 Å². The summed E-state index contributed by atoms with van der Waals surface area (Å²) in [6.45, 7) is 1.92. The molecule has 0 heterocycles. The summed E-state index contributed by atoms with van der Waals surface area (Å²) < 4.78 is 15.4. The van der Waals surface area contributed by atoms with E-state index in [9.17, 15) is 19.7 Å². The van der Waals surface area contributed by atoms with Crippen molar-refractivity contribution in [2.75, 3.05) is 20.3 Å². The molecule has 30 heavy (non-hydrogen) atoms. The van der Waals surface area contributed by atoms with E-state index in [2.05, 4.69) is 15.3 Å². The number of nitrogens with zero attached hydrogens (tertiary/aromatic N) is 2. The molecule has 0 saturated heterocycles. The highest BCUT2D eigenvalue weighted by Gasteiger charge is 2.15. The number of para-hydroxylation sites is 1.